The lowest BCUT2D eigenvalue weighted by atomic mass is 10.00. The van der Waals surface area contributed by atoms with Crippen molar-refractivity contribution in [3.63, 3.8) is 0 Å². The Morgan fingerprint density at radius 1 is 0.708 bits per heavy atom. The average Bonchev–Trinajstić information content (AvgIpc) is 3.06. The van der Waals surface area contributed by atoms with E-state index in [1.54, 1.807) is 6.07 Å². The first-order chi connectivity index (χ1) is 11.7. The van der Waals surface area contributed by atoms with Crippen LogP contribution in [0.1, 0.15) is 10.5 Å². The van der Waals surface area contributed by atoms with Gasteiger partial charge in [-0.3, -0.25) is 0 Å². The summed E-state index contributed by atoms with van der Waals surface area (Å²) in [7, 11) is 0. The van der Waals surface area contributed by atoms with Gasteiger partial charge in [-0.2, -0.15) is 0 Å². The molecule has 4 aromatic rings. The quantitative estimate of drug-likeness (QED) is 0.546. The number of nitrogens with one attached hydrogen (secondary N) is 1. The van der Waals surface area contributed by atoms with Crippen molar-refractivity contribution in [2.24, 2.45) is 0 Å². The average molecular weight is 313 g/mol. The molecule has 0 bridgehead atoms. The van der Waals surface area contributed by atoms with Crippen LogP contribution < -0.4 is 0 Å². The van der Waals surface area contributed by atoms with Gasteiger partial charge in [0.1, 0.15) is 5.69 Å². The standard InChI is InChI=1S/C21H15NO2/c23-21(24)20-13-18-11-10-17(12-19(18)22-20)16-8-6-15(7-9-16)14-4-2-1-3-5-14/h1-13,22H,(H,23,24). The molecule has 3 nitrogen and oxygen atoms in total. The second-order valence-corrected chi connectivity index (χ2v) is 5.73. The first kappa shape index (κ1) is 14.3. The molecule has 4 rings (SSSR count). The fraction of sp³-hybridized carbons (Fsp3) is 0. The Morgan fingerprint density at radius 3 is 1.96 bits per heavy atom. The summed E-state index contributed by atoms with van der Waals surface area (Å²) in [5.41, 5.74) is 5.56. The van der Waals surface area contributed by atoms with Crippen molar-refractivity contribution in [2.75, 3.05) is 0 Å². The highest BCUT2D eigenvalue weighted by atomic mass is 16.4. The van der Waals surface area contributed by atoms with Crippen molar-refractivity contribution in [2.45, 2.75) is 0 Å². The largest absolute Gasteiger partial charge is 0.477 e. The Balaban J connectivity index is 1.70. The van der Waals surface area contributed by atoms with Crippen molar-refractivity contribution in [3.05, 3.63) is 84.6 Å². The summed E-state index contributed by atoms with van der Waals surface area (Å²) in [4.78, 5) is 14.0. The van der Waals surface area contributed by atoms with Crippen LogP contribution in [0.25, 0.3) is 33.2 Å². The zero-order valence-electron chi connectivity index (χ0n) is 12.9. The molecular formula is C21H15NO2. The number of fused-ring (bicyclic) bond motifs is 1. The summed E-state index contributed by atoms with van der Waals surface area (Å²) >= 11 is 0. The predicted molar refractivity (Wildman–Crippen MR) is 96.1 cm³/mol. The van der Waals surface area contributed by atoms with E-state index in [1.807, 2.05) is 36.4 Å². The smallest absolute Gasteiger partial charge is 0.352 e. The molecule has 0 spiro atoms. The minimum atomic E-state index is -0.944. The van der Waals surface area contributed by atoms with E-state index in [4.69, 9.17) is 5.11 Å². The molecule has 2 N–H and O–H groups in total. The van der Waals surface area contributed by atoms with Crippen LogP contribution in [0.15, 0.2) is 78.9 Å². The Labute approximate surface area is 139 Å². The topological polar surface area (TPSA) is 53.1 Å². The summed E-state index contributed by atoms with van der Waals surface area (Å²) in [6, 6.07) is 26.2. The maximum atomic E-state index is 11.1. The molecule has 0 fully saturated rings. The van der Waals surface area contributed by atoms with Crippen LogP contribution >= 0.6 is 0 Å². The van der Waals surface area contributed by atoms with Crippen molar-refractivity contribution in [1.82, 2.24) is 4.98 Å². The number of carboxylic acids is 1. The predicted octanol–water partition coefficient (Wildman–Crippen LogP) is 5.20. The SMILES string of the molecule is O=C(O)c1cc2ccc(-c3ccc(-c4ccccc4)cc3)cc2[nH]1. The number of benzene rings is 3. The van der Waals surface area contributed by atoms with Crippen LogP contribution in [-0.4, -0.2) is 16.1 Å². The molecule has 1 aromatic heterocycles. The Bertz CT molecular complexity index is 1010. The third-order valence-electron chi connectivity index (χ3n) is 4.18. The van der Waals surface area contributed by atoms with Gasteiger partial charge >= 0.3 is 5.97 Å². The first-order valence-corrected chi connectivity index (χ1v) is 7.73. The number of aromatic carboxylic acids is 1. The normalized spacial score (nSPS) is 10.8. The molecule has 0 aliphatic rings. The van der Waals surface area contributed by atoms with Crippen molar-refractivity contribution >= 4 is 16.9 Å². The summed E-state index contributed by atoms with van der Waals surface area (Å²) < 4.78 is 0. The lowest BCUT2D eigenvalue weighted by Crippen LogP contribution is -1.94. The first-order valence-electron chi connectivity index (χ1n) is 7.73. The molecular weight excluding hydrogens is 298 g/mol. The van der Waals surface area contributed by atoms with Gasteiger partial charge in [-0.15, -0.1) is 0 Å². The molecule has 3 aromatic carbocycles. The highest BCUT2D eigenvalue weighted by molar-refractivity contribution is 5.95. The molecule has 0 amide bonds. The van der Waals surface area contributed by atoms with Crippen LogP contribution in [0.3, 0.4) is 0 Å². The van der Waals surface area contributed by atoms with Gasteiger partial charge < -0.3 is 10.1 Å². The number of aromatic amines is 1. The number of H-pyrrole nitrogens is 1. The highest BCUT2D eigenvalue weighted by Gasteiger charge is 2.08. The van der Waals surface area contributed by atoms with Crippen molar-refractivity contribution < 1.29 is 9.90 Å². The van der Waals surface area contributed by atoms with Crippen molar-refractivity contribution in [3.8, 4) is 22.3 Å². The van der Waals surface area contributed by atoms with E-state index in [0.717, 1.165) is 22.0 Å². The highest BCUT2D eigenvalue weighted by Crippen LogP contribution is 2.27. The summed E-state index contributed by atoms with van der Waals surface area (Å²) in [6.07, 6.45) is 0. The summed E-state index contributed by atoms with van der Waals surface area (Å²) in [5, 5.41) is 9.98. The van der Waals surface area contributed by atoms with Crippen LogP contribution in [0.2, 0.25) is 0 Å². The molecule has 0 unspecified atom stereocenters. The van der Waals surface area contributed by atoms with E-state index in [2.05, 4.69) is 41.4 Å². The Kier molecular flexibility index (Phi) is 3.39. The number of carbonyl (C=O) groups is 1. The van der Waals surface area contributed by atoms with E-state index in [-0.39, 0.29) is 5.69 Å². The van der Waals surface area contributed by atoms with Gasteiger partial charge in [0.05, 0.1) is 0 Å². The molecule has 24 heavy (non-hydrogen) atoms. The van der Waals surface area contributed by atoms with Gasteiger partial charge in [0.15, 0.2) is 0 Å². The zero-order chi connectivity index (χ0) is 16.5. The lowest BCUT2D eigenvalue weighted by Gasteiger charge is -2.05. The van der Waals surface area contributed by atoms with E-state index in [0.29, 0.717) is 0 Å². The minimum absolute atomic E-state index is 0.210. The van der Waals surface area contributed by atoms with E-state index < -0.39 is 5.97 Å². The van der Waals surface area contributed by atoms with Crippen LogP contribution in [-0.2, 0) is 0 Å². The van der Waals surface area contributed by atoms with Gasteiger partial charge in [-0.05, 0) is 34.4 Å². The molecule has 0 saturated carbocycles. The molecule has 0 aliphatic carbocycles. The minimum Gasteiger partial charge on any atom is -0.477 e. The van der Waals surface area contributed by atoms with E-state index >= 15 is 0 Å². The second kappa shape index (κ2) is 5.70. The van der Waals surface area contributed by atoms with E-state index in [1.165, 1.54) is 11.1 Å². The lowest BCUT2D eigenvalue weighted by molar-refractivity contribution is 0.0691. The monoisotopic (exact) mass is 313 g/mol. The van der Waals surface area contributed by atoms with Crippen LogP contribution in [0, 0.1) is 0 Å². The van der Waals surface area contributed by atoms with Crippen molar-refractivity contribution in [1.29, 1.82) is 0 Å². The summed E-state index contributed by atoms with van der Waals surface area (Å²) in [5.74, 6) is -0.944. The van der Waals surface area contributed by atoms with Crippen LogP contribution in [0.5, 0.6) is 0 Å². The molecule has 0 atom stereocenters. The summed E-state index contributed by atoms with van der Waals surface area (Å²) in [6.45, 7) is 0. The number of carboxylic acid groups (broad SMARTS) is 1. The van der Waals surface area contributed by atoms with Gasteiger partial charge in [0.2, 0.25) is 0 Å². The van der Waals surface area contributed by atoms with Gasteiger partial charge in [0.25, 0.3) is 0 Å². The molecule has 1 heterocycles. The van der Waals surface area contributed by atoms with Gasteiger partial charge in [-0.1, -0.05) is 66.7 Å². The number of hydrogen-bond acceptors (Lipinski definition) is 1. The maximum absolute atomic E-state index is 11.1. The molecule has 0 radical (unpaired) electrons. The van der Waals surface area contributed by atoms with Gasteiger partial charge in [-0.25, -0.2) is 4.79 Å². The fourth-order valence-corrected chi connectivity index (χ4v) is 2.91. The Hall–Kier alpha value is -3.33. The maximum Gasteiger partial charge on any atom is 0.352 e. The Morgan fingerprint density at radius 2 is 1.29 bits per heavy atom. The third-order valence-corrected chi connectivity index (χ3v) is 4.18. The molecule has 3 heteroatoms. The molecule has 116 valence electrons. The molecule has 0 saturated heterocycles. The van der Waals surface area contributed by atoms with Crippen LogP contribution in [0.4, 0.5) is 0 Å². The third kappa shape index (κ3) is 2.57. The number of aromatic nitrogens is 1. The van der Waals surface area contributed by atoms with E-state index in [9.17, 15) is 4.79 Å². The molecule has 0 aliphatic heterocycles. The zero-order valence-corrected chi connectivity index (χ0v) is 12.9. The number of hydrogen-bond donors (Lipinski definition) is 2. The fourth-order valence-electron chi connectivity index (χ4n) is 2.91. The van der Waals surface area contributed by atoms with Gasteiger partial charge in [0, 0.05) is 10.9 Å². The second-order valence-electron chi connectivity index (χ2n) is 5.73. The number of rotatable bonds is 3.